The molecule has 1 fully saturated rings. The Hall–Kier alpha value is -0.160. The molecule has 1 unspecified atom stereocenters. The number of β-amino-alcohol motifs (C(OH)–C–C–N with tert-alkyl or cyclic N) is 1. The van der Waals surface area contributed by atoms with Crippen LogP contribution in [0.25, 0.3) is 0 Å². The molecule has 1 heterocycles. The molecule has 1 saturated heterocycles. The summed E-state index contributed by atoms with van der Waals surface area (Å²) >= 11 is 0. The zero-order valence-corrected chi connectivity index (χ0v) is 13.3. The van der Waals surface area contributed by atoms with Crippen molar-refractivity contribution in [3.63, 3.8) is 0 Å². The van der Waals surface area contributed by atoms with E-state index in [1.54, 1.807) is 0 Å². The van der Waals surface area contributed by atoms with Crippen molar-refractivity contribution < 1.29 is 10.2 Å². The Kier molecular flexibility index (Phi) is 10.3. The normalized spacial score (nSPS) is 19.4. The van der Waals surface area contributed by atoms with Gasteiger partial charge in [0.15, 0.2) is 0 Å². The summed E-state index contributed by atoms with van der Waals surface area (Å²) in [5.74, 6) is 0. The number of aliphatic hydroxyl groups is 2. The molecule has 4 nitrogen and oxygen atoms in total. The van der Waals surface area contributed by atoms with Crippen LogP contribution in [0.1, 0.15) is 51.9 Å². The SMILES string of the molecule is CCN1CCN(CC(O)CCCCCCCCO)CC1. The molecular weight excluding hydrogens is 252 g/mol. The van der Waals surface area contributed by atoms with Gasteiger partial charge in [0.1, 0.15) is 0 Å². The molecule has 1 aliphatic rings. The van der Waals surface area contributed by atoms with Gasteiger partial charge >= 0.3 is 0 Å². The first-order valence-corrected chi connectivity index (χ1v) is 8.50. The number of rotatable bonds is 11. The summed E-state index contributed by atoms with van der Waals surface area (Å²) in [5.41, 5.74) is 0. The van der Waals surface area contributed by atoms with Crippen LogP contribution >= 0.6 is 0 Å². The first-order chi connectivity index (χ1) is 9.76. The zero-order valence-electron chi connectivity index (χ0n) is 13.3. The van der Waals surface area contributed by atoms with Gasteiger partial charge in [-0.2, -0.15) is 0 Å². The van der Waals surface area contributed by atoms with Crippen LogP contribution in [0.3, 0.4) is 0 Å². The molecule has 120 valence electrons. The predicted octanol–water partition coefficient (Wildman–Crippen LogP) is 1.71. The van der Waals surface area contributed by atoms with Crippen molar-refractivity contribution in [3.8, 4) is 0 Å². The Labute approximate surface area is 124 Å². The molecule has 0 aromatic rings. The maximum atomic E-state index is 10.1. The zero-order chi connectivity index (χ0) is 14.6. The highest BCUT2D eigenvalue weighted by atomic mass is 16.3. The highest BCUT2D eigenvalue weighted by molar-refractivity contribution is 4.73. The molecule has 4 heteroatoms. The predicted molar refractivity (Wildman–Crippen MR) is 84.0 cm³/mol. The van der Waals surface area contributed by atoms with Gasteiger partial charge in [0, 0.05) is 39.3 Å². The van der Waals surface area contributed by atoms with Crippen LogP contribution in [-0.2, 0) is 0 Å². The molecule has 0 amide bonds. The van der Waals surface area contributed by atoms with E-state index >= 15 is 0 Å². The molecule has 2 N–H and O–H groups in total. The van der Waals surface area contributed by atoms with E-state index in [1.165, 1.54) is 19.3 Å². The van der Waals surface area contributed by atoms with E-state index in [0.717, 1.165) is 65.0 Å². The summed E-state index contributed by atoms with van der Waals surface area (Å²) < 4.78 is 0. The van der Waals surface area contributed by atoms with Crippen molar-refractivity contribution >= 4 is 0 Å². The molecule has 1 aliphatic heterocycles. The average Bonchev–Trinajstić information content (AvgIpc) is 2.47. The number of piperazine rings is 1. The summed E-state index contributed by atoms with van der Waals surface area (Å²) in [5, 5.41) is 18.8. The molecule has 1 atom stereocenters. The smallest absolute Gasteiger partial charge is 0.0667 e. The number of nitrogens with zero attached hydrogens (tertiary/aromatic N) is 2. The van der Waals surface area contributed by atoms with E-state index in [4.69, 9.17) is 5.11 Å². The lowest BCUT2D eigenvalue weighted by Gasteiger charge is -2.35. The van der Waals surface area contributed by atoms with Crippen LogP contribution < -0.4 is 0 Å². The minimum absolute atomic E-state index is 0.152. The van der Waals surface area contributed by atoms with Gasteiger partial charge in [-0.25, -0.2) is 0 Å². The topological polar surface area (TPSA) is 46.9 Å². The highest BCUT2D eigenvalue weighted by Crippen LogP contribution is 2.10. The molecule has 0 aliphatic carbocycles. The van der Waals surface area contributed by atoms with Gasteiger partial charge in [0.05, 0.1) is 6.10 Å². The molecule has 0 aromatic carbocycles. The summed E-state index contributed by atoms with van der Waals surface area (Å²) in [6, 6.07) is 0. The number of likely N-dealkylation sites (N-methyl/N-ethyl adjacent to an activating group) is 1. The van der Waals surface area contributed by atoms with Crippen LogP contribution in [-0.4, -0.2) is 72.0 Å². The van der Waals surface area contributed by atoms with E-state index in [9.17, 15) is 5.11 Å². The largest absolute Gasteiger partial charge is 0.396 e. The van der Waals surface area contributed by atoms with Gasteiger partial charge in [-0.05, 0) is 19.4 Å². The van der Waals surface area contributed by atoms with Crippen molar-refractivity contribution in [2.24, 2.45) is 0 Å². The Morgan fingerprint density at radius 2 is 1.40 bits per heavy atom. The molecule has 0 radical (unpaired) electrons. The van der Waals surface area contributed by atoms with E-state index in [1.807, 2.05) is 0 Å². The van der Waals surface area contributed by atoms with Crippen LogP contribution in [0.4, 0.5) is 0 Å². The summed E-state index contributed by atoms with van der Waals surface area (Å²) in [6.45, 7) is 9.03. The van der Waals surface area contributed by atoms with Crippen molar-refractivity contribution in [1.29, 1.82) is 0 Å². The van der Waals surface area contributed by atoms with Gasteiger partial charge in [-0.3, -0.25) is 4.90 Å². The molecule has 0 spiro atoms. The fourth-order valence-corrected chi connectivity index (χ4v) is 2.88. The van der Waals surface area contributed by atoms with Gasteiger partial charge < -0.3 is 15.1 Å². The Balaban J connectivity index is 1.94. The molecular formula is C16H34N2O2. The van der Waals surface area contributed by atoms with E-state index in [2.05, 4.69) is 16.7 Å². The summed E-state index contributed by atoms with van der Waals surface area (Å²) in [4.78, 5) is 4.87. The fraction of sp³-hybridized carbons (Fsp3) is 1.00. The molecule has 0 saturated carbocycles. The number of aliphatic hydroxyl groups excluding tert-OH is 2. The highest BCUT2D eigenvalue weighted by Gasteiger charge is 2.17. The lowest BCUT2D eigenvalue weighted by atomic mass is 10.1. The van der Waals surface area contributed by atoms with Crippen molar-refractivity contribution in [1.82, 2.24) is 9.80 Å². The van der Waals surface area contributed by atoms with Gasteiger partial charge in [-0.15, -0.1) is 0 Å². The minimum Gasteiger partial charge on any atom is -0.396 e. The third kappa shape index (κ3) is 8.20. The standard InChI is InChI=1S/C16H34N2O2/c1-2-17-10-12-18(13-11-17)15-16(20)9-7-5-3-4-6-8-14-19/h16,19-20H,2-15H2,1H3. The monoisotopic (exact) mass is 286 g/mol. The quantitative estimate of drug-likeness (QED) is 0.568. The second kappa shape index (κ2) is 11.5. The molecule has 0 bridgehead atoms. The van der Waals surface area contributed by atoms with Crippen LogP contribution in [0.5, 0.6) is 0 Å². The lowest BCUT2D eigenvalue weighted by Crippen LogP contribution is -2.48. The minimum atomic E-state index is -0.152. The third-order valence-electron chi connectivity index (χ3n) is 4.33. The van der Waals surface area contributed by atoms with Gasteiger partial charge in [-0.1, -0.05) is 39.0 Å². The number of hydrogen-bond donors (Lipinski definition) is 2. The maximum Gasteiger partial charge on any atom is 0.0667 e. The second-order valence-corrected chi connectivity index (χ2v) is 6.02. The van der Waals surface area contributed by atoms with E-state index in [0.29, 0.717) is 6.61 Å². The third-order valence-corrected chi connectivity index (χ3v) is 4.33. The molecule has 20 heavy (non-hydrogen) atoms. The lowest BCUT2D eigenvalue weighted by molar-refractivity contribution is 0.0690. The van der Waals surface area contributed by atoms with E-state index in [-0.39, 0.29) is 6.10 Å². The maximum absolute atomic E-state index is 10.1. The van der Waals surface area contributed by atoms with Gasteiger partial charge in [0.25, 0.3) is 0 Å². The first-order valence-electron chi connectivity index (χ1n) is 8.50. The van der Waals surface area contributed by atoms with Crippen molar-refractivity contribution in [3.05, 3.63) is 0 Å². The average molecular weight is 286 g/mol. The van der Waals surface area contributed by atoms with Crippen molar-refractivity contribution in [2.45, 2.75) is 58.0 Å². The molecule has 0 aromatic heterocycles. The number of hydrogen-bond acceptors (Lipinski definition) is 4. The Morgan fingerprint density at radius 1 is 0.850 bits per heavy atom. The fourth-order valence-electron chi connectivity index (χ4n) is 2.88. The first kappa shape index (κ1) is 17.9. The Bertz CT molecular complexity index is 219. The summed E-state index contributed by atoms with van der Waals surface area (Å²) in [7, 11) is 0. The Morgan fingerprint density at radius 3 is 2.00 bits per heavy atom. The second-order valence-electron chi connectivity index (χ2n) is 6.02. The van der Waals surface area contributed by atoms with Crippen LogP contribution in [0, 0.1) is 0 Å². The van der Waals surface area contributed by atoms with Crippen molar-refractivity contribution in [2.75, 3.05) is 45.9 Å². The molecule has 1 rings (SSSR count). The van der Waals surface area contributed by atoms with Crippen LogP contribution in [0.2, 0.25) is 0 Å². The number of unbranched alkanes of at least 4 members (excludes halogenated alkanes) is 5. The van der Waals surface area contributed by atoms with E-state index < -0.39 is 0 Å². The van der Waals surface area contributed by atoms with Gasteiger partial charge in [0.2, 0.25) is 0 Å². The summed E-state index contributed by atoms with van der Waals surface area (Å²) in [6.07, 6.45) is 7.67. The van der Waals surface area contributed by atoms with Crippen LogP contribution in [0.15, 0.2) is 0 Å².